The Hall–Kier alpha value is -0.790. The largest absolute Gasteiger partial charge is 0.351 e. The Morgan fingerprint density at radius 3 is 2.21 bits per heavy atom. The van der Waals surface area contributed by atoms with Crippen LogP contribution in [0.2, 0.25) is 0 Å². The predicted molar refractivity (Wildman–Crippen MR) is 61.1 cm³/mol. The first kappa shape index (κ1) is 13.2. The Morgan fingerprint density at radius 1 is 1.43 bits per heavy atom. The van der Waals surface area contributed by atoms with Gasteiger partial charge in [0.25, 0.3) is 0 Å². The highest BCUT2D eigenvalue weighted by Gasteiger charge is 2.29. The van der Waals surface area contributed by atoms with Gasteiger partial charge in [0.15, 0.2) is 0 Å². The van der Waals surface area contributed by atoms with E-state index in [0.29, 0.717) is 0 Å². The Kier molecular flexibility index (Phi) is 4.37. The first-order valence-corrected chi connectivity index (χ1v) is 5.17. The number of hydrogen-bond acceptors (Lipinski definition) is 1. The van der Waals surface area contributed by atoms with Gasteiger partial charge in [0.1, 0.15) is 0 Å². The molecule has 0 rings (SSSR count). The van der Waals surface area contributed by atoms with Gasteiger partial charge in [-0.2, -0.15) is 0 Å². The number of allylic oxidation sites excluding steroid dienone is 1. The molecular formula is C12H23NO. The number of hydrogen-bond donors (Lipinski definition) is 1. The van der Waals surface area contributed by atoms with Crippen molar-refractivity contribution in [3.05, 3.63) is 12.7 Å². The van der Waals surface area contributed by atoms with Crippen molar-refractivity contribution < 1.29 is 4.79 Å². The Balaban J connectivity index is 4.46. The number of carbonyl (C=O) groups is 1. The summed E-state index contributed by atoms with van der Waals surface area (Å²) in [7, 11) is 0. The van der Waals surface area contributed by atoms with Crippen LogP contribution < -0.4 is 5.32 Å². The van der Waals surface area contributed by atoms with Crippen molar-refractivity contribution in [1.29, 1.82) is 0 Å². The molecule has 0 fully saturated rings. The maximum atomic E-state index is 11.0. The molecule has 0 aromatic carbocycles. The number of amides is 1. The highest BCUT2D eigenvalue weighted by Crippen LogP contribution is 2.32. The summed E-state index contributed by atoms with van der Waals surface area (Å²) < 4.78 is 0. The summed E-state index contributed by atoms with van der Waals surface area (Å²) in [6.45, 7) is 13.8. The van der Waals surface area contributed by atoms with Gasteiger partial charge in [-0.15, -0.1) is 6.58 Å². The summed E-state index contributed by atoms with van der Waals surface area (Å²) in [4.78, 5) is 11.0. The third-order valence-corrected chi connectivity index (χ3v) is 2.66. The Bertz CT molecular complexity index is 220. The fourth-order valence-corrected chi connectivity index (χ4v) is 1.87. The highest BCUT2D eigenvalue weighted by atomic mass is 16.1. The van der Waals surface area contributed by atoms with Crippen LogP contribution in [0.25, 0.3) is 0 Å². The third kappa shape index (κ3) is 4.45. The SMILES string of the molecule is C=CC(C)(CC)CC(C)(C)NC(C)=O. The van der Waals surface area contributed by atoms with Crippen LogP contribution in [-0.2, 0) is 4.79 Å². The molecular weight excluding hydrogens is 174 g/mol. The zero-order valence-corrected chi connectivity index (χ0v) is 10.1. The van der Waals surface area contributed by atoms with Crippen LogP contribution in [0.3, 0.4) is 0 Å². The summed E-state index contributed by atoms with van der Waals surface area (Å²) in [5.41, 5.74) is -0.0588. The van der Waals surface area contributed by atoms with Crippen LogP contribution in [0.15, 0.2) is 12.7 Å². The minimum Gasteiger partial charge on any atom is -0.351 e. The van der Waals surface area contributed by atoms with Crippen LogP contribution >= 0.6 is 0 Å². The van der Waals surface area contributed by atoms with Gasteiger partial charge in [-0.3, -0.25) is 4.79 Å². The molecule has 0 saturated heterocycles. The van der Waals surface area contributed by atoms with E-state index in [-0.39, 0.29) is 16.9 Å². The molecule has 0 heterocycles. The molecule has 0 aromatic heterocycles. The molecule has 2 heteroatoms. The van der Waals surface area contributed by atoms with Crippen molar-refractivity contribution in [3.8, 4) is 0 Å². The van der Waals surface area contributed by atoms with Crippen molar-refractivity contribution in [2.45, 2.75) is 53.0 Å². The minimum atomic E-state index is -0.162. The molecule has 1 unspecified atom stereocenters. The van der Waals surface area contributed by atoms with Gasteiger partial charge in [0.05, 0.1) is 0 Å². The molecule has 1 N–H and O–H groups in total. The van der Waals surface area contributed by atoms with Crippen LogP contribution in [0.5, 0.6) is 0 Å². The minimum absolute atomic E-state index is 0.0255. The molecule has 0 saturated carbocycles. The van der Waals surface area contributed by atoms with Crippen molar-refractivity contribution >= 4 is 5.91 Å². The fourth-order valence-electron chi connectivity index (χ4n) is 1.87. The third-order valence-electron chi connectivity index (χ3n) is 2.66. The van der Waals surface area contributed by atoms with Gasteiger partial charge in [0.2, 0.25) is 5.91 Å². The second-order valence-electron chi connectivity index (χ2n) is 4.95. The molecule has 0 bridgehead atoms. The lowest BCUT2D eigenvalue weighted by Gasteiger charge is -2.35. The maximum Gasteiger partial charge on any atom is 0.217 e. The molecule has 82 valence electrons. The predicted octanol–water partition coefficient (Wildman–Crippen LogP) is 2.89. The lowest BCUT2D eigenvalue weighted by atomic mass is 9.76. The van der Waals surface area contributed by atoms with Crippen LogP contribution in [-0.4, -0.2) is 11.4 Å². The average molecular weight is 197 g/mol. The van der Waals surface area contributed by atoms with E-state index >= 15 is 0 Å². The van der Waals surface area contributed by atoms with E-state index in [4.69, 9.17) is 0 Å². The smallest absolute Gasteiger partial charge is 0.217 e. The lowest BCUT2D eigenvalue weighted by Crippen LogP contribution is -2.45. The Morgan fingerprint density at radius 2 is 1.93 bits per heavy atom. The van der Waals surface area contributed by atoms with Crippen molar-refractivity contribution in [2.24, 2.45) is 5.41 Å². The quantitative estimate of drug-likeness (QED) is 0.675. The van der Waals surface area contributed by atoms with Crippen LogP contribution in [0, 0.1) is 5.41 Å². The van der Waals surface area contributed by atoms with Crippen molar-refractivity contribution in [3.63, 3.8) is 0 Å². The standard InChI is InChI=1S/C12H23NO/c1-7-12(6,8-2)9-11(4,5)13-10(3)14/h7H,1,8-9H2,2-6H3,(H,13,14). The van der Waals surface area contributed by atoms with Gasteiger partial charge in [0, 0.05) is 12.5 Å². The number of carbonyl (C=O) groups excluding carboxylic acids is 1. The van der Waals surface area contributed by atoms with E-state index in [0.717, 1.165) is 12.8 Å². The summed E-state index contributed by atoms with van der Waals surface area (Å²) in [6, 6.07) is 0. The van der Waals surface area contributed by atoms with Gasteiger partial charge >= 0.3 is 0 Å². The number of nitrogens with one attached hydrogen (secondary N) is 1. The van der Waals surface area contributed by atoms with Crippen LogP contribution in [0.1, 0.15) is 47.5 Å². The van der Waals surface area contributed by atoms with Gasteiger partial charge < -0.3 is 5.32 Å². The van der Waals surface area contributed by atoms with Crippen molar-refractivity contribution in [2.75, 3.05) is 0 Å². The average Bonchev–Trinajstić information content (AvgIpc) is 2.01. The molecule has 0 aliphatic rings. The summed E-state index contributed by atoms with van der Waals surface area (Å²) in [5, 5.41) is 2.96. The monoisotopic (exact) mass is 197 g/mol. The van der Waals surface area contributed by atoms with Gasteiger partial charge in [-0.25, -0.2) is 0 Å². The first-order chi connectivity index (χ1) is 6.24. The van der Waals surface area contributed by atoms with E-state index in [9.17, 15) is 4.79 Å². The van der Waals surface area contributed by atoms with E-state index in [1.54, 1.807) is 6.92 Å². The van der Waals surface area contributed by atoms with E-state index in [1.165, 1.54) is 0 Å². The molecule has 0 aromatic rings. The molecule has 0 aliphatic heterocycles. The maximum absolute atomic E-state index is 11.0. The highest BCUT2D eigenvalue weighted by molar-refractivity contribution is 5.73. The lowest BCUT2D eigenvalue weighted by molar-refractivity contribution is -0.120. The van der Waals surface area contributed by atoms with Gasteiger partial charge in [-0.1, -0.05) is 19.9 Å². The number of rotatable bonds is 5. The molecule has 2 nitrogen and oxygen atoms in total. The van der Waals surface area contributed by atoms with Crippen molar-refractivity contribution in [1.82, 2.24) is 5.32 Å². The molecule has 0 radical (unpaired) electrons. The van der Waals surface area contributed by atoms with Crippen LogP contribution in [0.4, 0.5) is 0 Å². The molecule has 0 aliphatic carbocycles. The summed E-state index contributed by atoms with van der Waals surface area (Å²) in [6.07, 6.45) is 3.94. The fraction of sp³-hybridized carbons (Fsp3) is 0.750. The Labute approximate surface area is 87.8 Å². The molecule has 1 atom stereocenters. The normalized spacial score (nSPS) is 15.8. The first-order valence-electron chi connectivity index (χ1n) is 5.17. The molecule has 14 heavy (non-hydrogen) atoms. The van der Waals surface area contributed by atoms with E-state index in [1.807, 2.05) is 19.9 Å². The van der Waals surface area contributed by atoms with E-state index < -0.39 is 0 Å². The van der Waals surface area contributed by atoms with Gasteiger partial charge in [-0.05, 0) is 32.1 Å². The summed E-state index contributed by atoms with van der Waals surface area (Å²) >= 11 is 0. The molecule has 0 spiro atoms. The second-order valence-corrected chi connectivity index (χ2v) is 4.95. The summed E-state index contributed by atoms with van der Waals surface area (Å²) in [5.74, 6) is 0.0255. The zero-order chi connectivity index (χ0) is 11.4. The topological polar surface area (TPSA) is 29.1 Å². The zero-order valence-electron chi connectivity index (χ0n) is 10.1. The van der Waals surface area contributed by atoms with E-state index in [2.05, 4.69) is 25.7 Å². The second kappa shape index (κ2) is 4.63. The molecule has 1 amide bonds.